The molecule has 0 rings (SSSR count). The van der Waals surface area contributed by atoms with Gasteiger partial charge in [0.25, 0.3) is 0 Å². The first-order valence-electron chi connectivity index (χ1n) is 18.0. The van der Waals surface area contributed by atoms with Crippen LogP contribution in [0.25, 0.3) is 0 Å². The van der Waals surface area contributed by atoms with Gasteiger partial charge in [-0.2, -0.15) is 0 Å². The van der Waals surface area contributed by atoms with E-state index in [1.165, 1.54) is 44.9 Å². The molecule has 2 N–H and O–H groups in total. The summed E-state index contributed by atoms with van der Waals surface area (Å²) in [5, 5.41) is 8.71. The molecule has 0 aliphatic rings. The second-order valence-corrected chi connectivity index (χ2v) is 14.9. The predicted octanol–water partition coefficient (Wildman–Crippen LogP) is 8.13. The Bertz CT molecular complexity index is 890. The topological polar surface area (TPSA) is 146 Å². The number of esters is 2. The highest BCUT2D eigenvalue weighted by Gasteiger charge is 2.27. The van der Waals surface area contributed by atoms with Crippen molar-refractivity contribution in [1.82, 2.24) is 0 Å². The van der Waals surface area contributed by atoms with Crippen LogP contribution in [0.4, 0.5) is 0 Å². The van der Waals surface area contributed by atoms with Crippen LogP contribution >= 0.6 is 7.82 Å². The van der Waals surface area contributed by atoms with Gasteiger partial charge in [0.1, 0.15) is 19.8 Å². The minimum atomic E-state index is -4.40. The predicted molar refractivity (Wildman–Crippen MR) is 185 cm³/mol. The Morgan fingerprint density at radius 2 is 1.17 bits per heavy atom. The van der Waals surface area contributed by atoms with Crippen LogP contribution in [0.5, 0.6) is 0 Å². The highest BCUT2D eigenvalue weighted by Crippen LogP contribution is 2.43. The number of rotatable bonds is 33. The van der Waals surface area contributed by atoms with Gasteiger partial charge >= 0.3 is 25.7 Å². The second-order valence-electron chi connectivity index (χ2n) is 13.4. The second kappa shape index (κ2) is 29.2. The average Bonchev–Trinajstić information content (AvgIpc) is 2.99. The number of likely N-dealkylation sites (N-methyl/N-ethyl adjacent to an activating group) is 1. The lowest BCUT2D eigenvalue weighted by Crippen LogP contribution is -2.37. The van der Waals surface area contributed by atoms with E-state index in [-0.39, 0.29) is 32.5 Å². The van der Waals surface area contributed by atoms with Gasteiger partial charge in [-0.15, -0.1) is 0 Å². The normalized spacial score (nSPS) is 13.8. The van der Waals surface area contributed by atoms with Crippen molar-refractivity contribution < 1.29 is 52.0 Å². The molecule has 11 nitrogen and oxygen atoms in total. The number of ether oxygens (including phenoxy) is 2. The Hall–Kier alpha value is -1.78. The van der Waals surface area contributed by atoms with E-state index < -0.39 is 38.4 Å². The summed E-state index contributed by atoms with van der Waals surface area (Å²) in [6.45, 7) is 1.97. The number of allylic oxidation sites excluding steroid dienone is 2. The smallest absolute Gasteiger partial charge is 0.472 e. The molecule has 276 valence electrons. The number of hydrogen-bond donors (Lipinski definition) is 2. The first kappa shape index (κ1) is 45.2. The van der Waals surface area contributed by atoms with E-state index in [1.807, 2.05) is 21.1 Å². The number of quaternary nitrogens is 1. The molecular weight excluding hydrogens is 625 g/mol. The lowest BCUT2D eigenvalue weighted by molar-refractivity contribution is -0.870. The number of carbonyl (C=O) groups excluding carboxylic acids is 2. The summed E-state index contributed by atoms with van der Waals surface area (Å²) in [5.41, 5.74) is 0. The van der Waals surface area contributed by atoms with Gasteiger partial charge in [-0.25, -0.2) is 4.57 Å². The van der Waals surface area contributed by atoms with Gasteiger partial charge in [0, 0.05) is 19.3 Å². The number of unbranched alkanes of at least 4 members (excludes halogenated alkanes) is 15. The molecule has 47 heavy (non-hydrogen) atoms. The van der Waals surface area contributed by atoms with Gasteiger partial charge in [0.05, 0.1) is 27.7 Å². The summed E-state index contributed by atoms with van der Waals surface area (Å²) in [7, 11) is 1.36. The van der Waals surface area contributed by atoms with Crippen molar-refractivity contribution in [3.8, 4) is 0 Å². The van der Waals surface area contributed by atoms with E-state index in [2.05, 4.69) is 19.1 Å². The quantitative estimate of drug-likeness (QED) is 0.0227. The summed E-state index contributed by atoms with van der Waals surface area (Å²) in [6.07, 6.45) is 22.6. The van der Waals surface area contributed by atoms with Crippen molar-refractivity contribution in [2.75, 3.05) is 47.5 Å². The van der Waals surface area contributed by atoms with Gasteiger partial charge < -0.3 is 24.0 Å². The zero-order valence-electron chi connectivity index (χ0n) is 30.0. The highest BCUT2D eigenvalue weighted by atomic mass is 31.2. The van der Waals surface area contributed by atoms with E-state index in [9.17, 15) is 23.8 Å². The number of phosphoric acid groups is 1. The number of nitrogens with zero attached hydrogens (tertiary/aromatic N) is 1. The number of carboxylic acids is 1. The molecule has 0 amide bonds. The molecule has 0 aliphatic carbocycles. The van der Waals surface area contributed by atoms with E-state index >= 15 is 0 Å². The third kappa shape index (κ3) is 33.9. The molecule has 0 aromatic rings. The van der Waals surface area contributed by atoms with Crippen molar-refractivity contribution in [2.45, 2.75) is 148 Å². The van der Waals surface area contributed by atoms with Crippen molar-refractivity contribution >= 4 is 25.7 Å². The van der Waals surface area contributed by atoms with Crippen LogP contribution in [0.3, 0.4) is 0 Å². The Morgan fingerprint density at radius 1 is 0.681 bits per heavy atom. The molecule has 0 radical (unpaired) electrons. The third-order valence-electron chi connectivity index (χ3n) is 7.58. The maximum Gasteiger partial charge on any atom is 0.472 e. The fraction of sp³-hybridized carbons (Fsp3) is 0.857. The van der Waals surface area contributed by atoms with Crippen LogP contribution in [-0.2, 0) is 37.5 Å². The van der Waals surface area contributed by atoms with Crippen LogP contribution < -0.4 is 0 Å². The zero-order valence-corrected chi connectivity index (χ0v) is 30.9. The van der Waals surface area contributed by atoms with Gasteiger partial charge in [-0.05, 0) is 44.9 Å². The molecule has 0 saturated carbocycles. The summed E-state index contributed by atoms with van der Waals surface area (Å²) >= 11 is 0. The largest absolute Gasteiger partial charge is 0.481 e. The number of carbonyl (C=O) groups is 3. The Labute approximate surface area is 285 Å². The maximum atomic E-state index is 12.4. The van der Waals surface area contributed by atoms with E-state index in [0.29, 0.717) is 30.3 Å². The van der Waals surface area contributed by atoms with Crippen molar-refractivity contribution in [1.29, 1.82) is 0 Å². The Kier molecular flexibility index (Phi) is 28.1. The van der Waals surface area contributed by atoms with Gasteiger partial charge in [0.2, 0.25) is 0 Å². The molecule has 0 aromatic carbocycles. The number of phosphoric ester groups is 1. The highest BCUT2D eigenvalue weighted by molar-refractivity contribution is 7.47. The third-order valence-corrected chi connectivity index (χ3v) is 8.57. The molecule has 2 atom stereocenters. The molecule has 0 bridgehead atoms. The van der Waals surface area contributed by atoms with E-state index in [4.69, 9.17) is 23.6 Å². The summed E-state index contributed by atoms with van der Waals surface area (Å²) in [5.74, 6) is -1.77. The van der Waals surface area contributed by atoms with Crippen LogP contribution in [0.2, 0.25) is 0 Å². The first-order valence-corrected chi connectivity index (χ1v) is 19.5. The Morgan fingerprint density at radius 3 is 1.70 bits per heavy atom. The molecule has 0 aliphatic heterocycles. The SMILES string of the molecule is CCCCCCCC/C=C\CCCCCCCC(=O)OC[C@H](COP(=O)(O)OCC[N+](C)(C)C)OC(=O)CCCCCCCC(=O)O. The summed E-state index contributed by atoms with van der Waals surface area (Å²) in [4.78, 5) is 45.5. The molecular formula is C35H67NO10P+. The summed E-state index contributed by atoms with van der Waals surface area (Å²) < 4.78 is 33.8. The summed E-state index contributed by atoms with van der Waals surface area (Å²) in [6, 6.07) is 0. The van der Waals surface area contributed by atoms with Crippen molar-refractivity contribution in [3.63, 3.8) is 0 Å². The fourth-order valence-corrected chi connectivity index (χ4v) is 5.42. The zero-order chi connectivity index (χ0) is 35.2. The first-order chi connectivity index (χ1) is 22.3. The number of aliphatic carboxylic acids is 1. The lowest BCUT2D eigenvalue weighted by atomic mass is 10.1. The Balaban J connectivity index is 4.40. The minimum absolute atomic E-state index is 0.000855. The minimum Gasteiger partial charge on any atom is -0.481 e. The van der Waals surface area contributed by atoms with Crippen LogP contribution in [0, 0.1) is 0 Å². The lowest BCUT2D eigenvalue weighted by Gasteiger charge is -2.24. The van der Waals surface area contributed by atoms with Gasteiger partial charge in [0.15, 0.2) is 6.10 Å². The molecule has 1 unspecified atom stereocenters. The van der Waals surface area contributed by atoms with Crippen LogP contribution in [0.15, 0.2) is 12.2 Å². The molecule has 0 aromatic heterocycles. The monoisotopic (exact) mass is 692 g/mol. The van der Waals surface area contributed by atoms with Gasteiger partial charge in [-0.3, -0.25) is 23.4 Å². The molecule has 12 heteroatoms. The van der Waals surface area contributed by atoms with E-state index in [0.717, 1.165) is 51.4 Å². The molecule has 0 spiro atoms. The standard InChI is InChI=1S/C35H66NO10P/c1-5-6-7-8-9-10-11-12-13-14-15-16-17-20-23-26-34(39)43-30-32(31-45-47(41,42)44-29-28-36(2,3)4)46-35(40)27-24-21-18-19-22-25-33(37)38/h12-13,32H,5-11,14-31H2,1-4H3,(H-,37,38,41,42)/p+1/b13-12-/t32-/m1/s1. The van der Waals surface area contributed by atoms with Crippen molar-refractivity contribution in [3.05, 3.63) is 12.2 Å². The maximum absolute atomic E-state index is 12.4. The van der Waals surface area contributed by atoms with Crippen LogP contribution in [-0.4, -0.2) is 86.0 Å². The van der Waals surface area contributed by atoms with Crippen molar-refractivity contribution in [2.24, 2.45) is 0 Å². The fourth-order valence-electron chi connectivity index (χ4n) is 4.68. The van der Waals surface area contributed by atoms with Gasteiger partial charge in [-0.1, -0.05) is 89.7 Å². The average molecular weight is 693 g/mol. The number of hydrogen-bond acceptors (Lipinski definition) is 8. The van der Waals surface area contributed by atoms with E-state index in [1.54, 1.807) is 0 Å². The molecule has 0 saturated heterocycles. The van der Waals surface area contributed by atoms with Crippen LogP contribution in [0.1, 0.15) is 142 Å². The molecule has 0 fully saturated rings. The number of carboxylic acid groups (broad SMARTS) is 1. The molecule has 0 heterocycles.